The Morgan fingerprint density at radius 2 is 2.27 bits per heavy atom. The van der Waals surface area contributed by atoms with Crippen LogP contribution in [0.25, 0.3) is 0 Å². The van der Waals surface area contributed by atoms with E-state index in [1.807, 2.05) is 0 Å². The summed E-state index contributed by atoms with van der Waals surface area (Å²) in [4.78, 5) is 4.01. The van der Waals surface area contributed by atoms with Gasteiger partial charge in [-0.1, -0.05) is 11.6 Å². The second-order valence-corrected chi connectivity index (χ2v) is 6.06. The van der Waals surface area contributed by atoms with Crippen molar-refractivity contribution in [3.05, 3.63) is 23.4 Å². The summed E-state index contributed by atoms with van der Waals surface area (Å²) < 4.78 is 22.0. The molecule has 84 valence electrons. The van der Waals surface area contributed by atoms with E-state index < -0.39 is 9.84 Å². The van der Waals surface area contributed by atoms with Crippen LogP contribution in [0.2, 0.25) is 5.02 Å². The lowest BCUT2D eigenvalue weighted by molar-refractivity contribution is 0.598. The Morgan fingerprint density at radius 3 is 2.80 bits per heavy atom. The third-order valence-electron chi connectivity index (χ3n) is 1.69. The topological polar surface area (TPSA) is 59.1 Å². The van der Waals surface area contributed by atoms with Gasteiger partial charge in [0.15, 0.2) is 0 Å². The van der Waals surface area contributed by atoms with Crippen molar-refractivity contribution in [3.63, 3.8) is 0 Å². The number of halogens is 1. The molecule has 0 spiro atoms. The van der Waals surface area contributed by atoms with Crippen LogP contribution in [0.15, 0.2) is 18.3 Å². The third-order valence-corrected chi connectivity index (χ3v) is 3.10. The zero-order valence-electron chi connectivity index (χ0n) is 8.57. The maximum atomic E-state index is 11.0. The van der Waals surface area contributed by atoms with Crippen LogP contribution >= 0.6 is 11.6 Å². The van der Waals surface area contributed by atoms with Gasteiger partial charge in [-0.15, -0.1) is 0 Å². The van der Waals surface area contributed by atoms with Crippen LogP contribution in [0, 0.1) is 0 Å². The van der Waals surface area contributed by atoms with E-state index in [0.29, 0.717) is 10.8 Å². The minimum Gasteiger partial charge on any atom is -0.365 e. The quantitative estimate of drug-likeness (QED) is 0.879. The van der Waals surface area contributed by atoms with Gasteiger partial charge in [-0.3, -0.25) is 0 Å². The van der Waals surface area contributed by atoms with E-state index in [4.69, 9.17) is 11.6 Å². The van der Waals surface area contributed by atoms with E-state index in [1.54, 1.807) is 25.3 Å². The molecule has 0 aliphatic heterocycles. The SMILES string of the molecule is CC(CS(C)(=O)=O)Nc1ncccc1Cl. The van der Waals surface area contributed by atoms with Gasteiger partial charge < -0.3 is 5.32 Å². The third kappa shape index (κ3) is 4.48. The van der Waals surface area contributed by atoms with Gasteiger partial charge in [-0.05, 0) is 19.1 Å². The summed E-state index contributed by atoms with van der Waals surface area (Å²) in [5.41, 5.74) is 0. The molecule has 0 amide bonds. The van der Waals surface area contributed by atoms with Crippen molar-refractivity contribution in [2.24, 2.45) is 0 Å². The van der Waals surface area contributed by atoms with Crippen LogP contribution in [0.5, 0.6) is 0 Å². The molecule has 1 atom stereocenters. The Labute approximate surface area is 94.6 Å². The number of hydrogen-bond donors (Lipinski definition) is 1. The van der Waals surface area contributed by atoms with E-state index in [1.165, 1.54) is 6.26 Å². The predicted molar refractivity (Wildman–Crippen MR) is 62.0 cm³/mol. The zero-order valence-corrected chi connectivity index (χ0v) is 10.1. The van der Waals surface area contributed by atoms with Crippen LogP contribution in [-0.4, -0.2) is 31.5 Å². The zero-order chi connectivity index (χ0) is 11.5. The van der Waals surface area contributed by atoms with Crippen molar-refractivity contribution in [1.29, 1.82) is 0 Å². The summed E-state index contributed by atoms with van der Waals surface area (Å²) in [6.07, 6.45) is 2.80. The van der Waals surface area contributed by atoms with Crippen LogP contribution in [0.3, 0.4) is 0 Å². The highest BCUT2D eigenvalue weighted by Crippen LogP contribution is 2.18. The monoisotopic (exact) mass is 248 g/mol. The highest BCUT2D eigenvalue weighted by Gasteiger charge is 2.11. The Kier molecular flexibility index (Phi) is 3.93. The number of hydrogen-bond acceptors (Lipinski definition) is 4. The summed E-state index contributed by atoms with van der Waals surface area (Å²) in [5.74, 6) is 0.565. The lowest BCUT2D eigenvalue weighted by Crippen LogP contribution is -2.25. The maximum absolute atomic E-state index is 11.0. The smallest absolute Gasteiger partial charge is 0.149 e. The lowest BCUT2D eigenvalue weighted by Gasteiger charge is -2.13. The predicted octanol–water partition coefficient (Wildman–Crippen LogP) is 1.58. The highest BCUT2D eigenvalue weighted by atomic mass is 35.5. The molecule has 0 fully saturated rings. The Hall–Kier alpha value is -0.810. The van der Waals surface area contributed by atoms with Crippen molar-refractivity contribution < 1.29 is 8.42 Å². The van der Waals surface area contributed by atoms with Crippen molar-refractivity contribution in [2.45, 2.75) is 13.0 Å². The molecule has 1 unspecified atom stereocenters. The molecule has 6 heteroatoms. The van der Waals surface area contributed by atoms with Gasteiger partial charge in [0.05, 0.1) is 10.8 Å². The standard InChI is InChI=1S/C9H13ClN2O2S/c1-7(6-15(2,13)14)12-9-8(10)4-3-5-11-9/h3-5,7H,6H2,1-2H3,(H,11,12). The first-order valence-electron chi connectivity index (χ1n) is 4.43. The second kappa shape index (κ2) is 4.81. The van der Waals surface area contributed by atoms with E-state index in [0.717, 1.165) is 0 Å². The molecule has 15 heavy (non-hydrogen) atoms. The highest BCUT2D eigenvalue weighted by molar-refractivity contribution is 7.90. The lowest BCUT2D eigenvalue weighted by atomic mass is 10.3. The van der Waals surface area contributed by atoms with E-state index in [9.17, 15) is 8.42 Å². The van der Waals surface area contributed by atoms with Crippen molar-refractivity contribution in [2.75, 3.05) is 17.3 Å². The molecule has 1 heterocycles. The molecule has 4 nitrogen and oxygen atoms in total. The second-order valence-electron chi connectivity index (χ2n) is 3.47. The molecule has 0 aliphatic carbocycles. The number of nitrogens with zero attached hydrogens (tertiary/aromatic N) is 1. The van der Waals surface area contributed by atoms with Gasteiger partial charge in [-0.2, -0.15) is 0 Å². The number of aromatic nitrogens is 1. The molecule has 1 N–H and O–H groups in total. The molecule has 0 aromatic carbocycles. The average molecular weight is 249 g/mol. The van der Waals surface area contributed by atoms with E-state index in [-0.39, 0.29) is 11.8 Å². The molecule has 1 aromatic heterocycles. The number of anilines is 1. The van der Waals surface area contributed by atoms with Gasteiger partial charge in [-0.25, -0.2) is 13.4 Å². The molecular formula is C9H13ClN2O2S. The van der Waals surface area contributed by atoms with Crippen LogP contribution in [-0.2, 0) is 9.84 Å². The maximum Gasteiger partial charge on any atom is 0.149 e. The fraction of sp³-hybridized carbons (Fsp3) is 0.444. The van der Waals surface area contributed by atoms with Gasteiger partial charge in [0.1, 0.15) is 15.7 Å². The summed E-state index contributed by atoms with van der Waals surface area (Å²) in [5, 5.41) is 3.43. The number of sulfone groups is 1. The minimum atomic E-state index is -2.99. The fourth-order valence-corrected chi connectivity index (χ4v) is 2.39. The number of rotatable bonds is 4. The largest absolute Gasteiger partial charge is 0.365 e. The Balaban J connectivity index is 2.67. The van der Waals surface area contributed by atoms with Gasteiger partial charge in [0, 0.05) is 18.5 Å². The first-order valence-corrected chi connectivity index (χ1v) is 6.87. The summed E-state index contributed by atoms with van der Waals surface area (Å²) in [6, 6.07) is 3.20. The van der Waals surface area contributed by atoms with Gasteiger partial charge >= 0.3 is 0 Å². The van der Waals surface area contributed by atoms with Gasteiger partial charge in [0.2, 0.25) is 0 Å². The van der Waals surface area contributed by atoms with Crippen LogP contribution in [0.4, 0.5) is 5.82 Å². The van der Waals surface area contributed by atoms with Crippen molar-refractivity contribution in [1.82, 2.24) is 4.98 Å². The first-order chi connectivity index (χ1) is 6.88. The molecule has 1 aromatic rings. The molecular weight excluding hydrogens is 236 g/mol. The normalized spacial score (nSPS) is 13.5. The fourth-order valence-electron chi connectivity index (χ4n) is 1.22. The van der Waals surface area contributed by atoms with Crippen LogP contribution in [0.1, 0.15) is 6.92 Å². The molecule has 0 aliphatic rings. The molecule has 1 rings (SSSR count). The van der Waals surface area contributed by atoms with E-state index in [2.05, 4.69) is 10.3 Å². The minimum absolute atomic E-state index is 0.0555. The Morgan fingerprint density at radius 1 is 1.60 bits per heavy atom. The number of nitrogens with one attached hydrogen (secondary N) is 1. The van der Waals surface area contributed by atoms with E-state index >= 15 is 0 Å². The van der Waals surface area contributed by atoms with Gasteiger partial charge in [0.25, 0.3) is 0 Å². The van der Waals surface area contributed by atoms with Crippen molar-refractivity contribution >= 4 is 27.3 Å². The van der Waals surface area contributed by atoms with Crippen molar-refractivity contribution in [3.8, 4) is 0 Å². The summed E-state index contributed by atoms with van der Waals surface area (Å²) in [6.45, 7) is 1.77. The molecule has 0 saturated heterocycles. The summed E-state index contributed by atoms with van der Waals surface area (Å²) >= 11 is 5.87. The molecule has 0 saturated carbocycles. The summed E-state index contributed by atoms with van der Waals surface area (Å²) in [7, 11) is -2.99. The first kappa shape index (κ1) is 12.3. The van der Waals surface area contributed by atoms with Crippen LogP contribution < -0.4 is 5.32 Å². The number of pyridine rings is 1. The average Bonchev–Trinajstić information content (AvgIpc) is 2.05. The molecule has 0 radical (unpaired) electrons. The Bertz CT molecular complexity index is 433. The molecule has 0 bridgehead atoms.